The number of nitro groups is 2. The molecule has 0 bridgehead atoms. The van der Waals surface area contributed by atoms with Gasteiger partial charge in [0, 0.05) is 57.6 Å². The van der Waals surface area contributed by atoms with Crippen molar-refractivity contribution in [3.05, 3.63) is 166 Å². The second-order valence-electron chi connectivity index (χ2n) is 14.2. The van der Waals surface area contributed by atoms with E-state index in [1.807, 2.05) is 76.5 Å². The monoisotopic (exact) mass is 1530 g/mol. The van der Waals surface area contributed by atoms with Gasteiger partial charge in [-0.05, 0) is 92.4 Å². The van der Waals surface area contributed by atoms with Crippen molar-refractivity contribution >= 4 is 135 Å². The van der Waals surface area contributed by atoms with Crippen molar-refractivity contribution in [1.29, 1.82) is 0 Å². The Hall–Kier alpha value is -5.19. The van der Waals surface area contributed by atoms with Crippen molar-refractivity contribution in [2.45, 2.75) is 71.2 Å². The summed E-state index contributed by atoms with van der Waals surface area (Å²) in [7, 11) is 3.57. The number of aryl methyl sites for hydroxylation is 6. The third-order valence-corrected chi connectivity index (χ3v) is 8.70. The van der Waals surface area contributed by atoms with Crippen LogP contribution in [0.3, 0.4) is 0 Å². The number of aromatic nitrogens is 7. The van der Waals surface area contributed by atoms with Gasteiger partial charge in [0.15, 0.2) is 5.98 Å². The van der Waals surface area contributed by atoms with E-state index < -0.39 is 31.3 Å². The van der Waals surface area contributed by atoms with E-state index in [-0.39, 0.29) is 93.1 Å². The van der Waals surface area contributed by atoms with Gasteiger partial charge in [0.1, 0.15) is 10.7 Å². The largest absolute Gasteiger partial charge is 1.00 e. The minimum Gasteiger partial charge on any atom is -0.857 e. The molecule has 7 rings (SSSR count). The Morgan fingerprint density at radius 3 is 1.33 bits per heavy atom. The normalized spacial score (nSPS) is 8.62. The van der Waals surface area contributed by atoms with E-state index in [2.05, 4.69) is 40.8 Å². The standard InChI is InChI=1S/C9H10N2O.C7H9N2O4.C7H8N2O3.C7H10NO2.C7H9NO.C6H6BrN.2CH2Cl2.CH3O.4CH4.Cl3P.HNO3.Na.H2O4S/c1-6-5-11-9(12-2)7-3-4-10-8(6)7;1-5-4-8(10)7(13-2)3-6(5)9(11)12;1-5-4-8-7(12-2)3-6(5)9(10)11;1-6-3-4-7(10-2)8(9)5-6;1-6-3-4-7(9-2)8-5-6;1-5-2-3-6(7)8-4-5;2*2-1-3;1-2;;;;;1-4(2)3;2-1(3)4;;1-5(2,3)4/h3-5,10H,1-2H3;3-4,10H,1-2H3;3-4H,1-2H3;3-5,9H,1-2H3;3-5H,1-2H3;2-4H,1H3;2*1H2;1H3;4*1H4;;(H,2,3,4);;(H2,1,2,3,4)/q;+1;;+1;;;;;-1;;;;;;;+1;. The van der Waals surface area contributed by atoms with Crippen LogP contribution in [0.5, 0.6) is 29.4 Å². The molecule has 0 aliphatic carbocycles. The topological polar surface area (TPSA) is 409 Å². The Morgan fingerprint density at radius 2 is 0.978 bits per heavy atom. The second kappa shape index (κ2) is 63.9. The Bertz CT molecular complexity index is 3040. The number of methoxy groups -OCH3 is 5. The van der Waals surface area contributed by atoms with Gasteiger partial charge in [0.25, 0.3) is 16.5 Å². The summed E-state index contributed by atoms with van der Waals surface area (Å²) in [6.45, 7) is 11.1. The molecule has 0 aromatic carbocycles. The van der Waals surface area contributed by atoms with E-state index in [1.165, 1.54) is 52.3 Å². The molecular weight excluding hydrogens is 1460 g/mol. The van der Waals surface area contributed by atoms with Crippen molar-refractivity contribution < 1.29 is 116 Å². The fourth-order valence-electron chi connectivity index (χ4n) is 4.85. The first-order valence-corrected chi connectivity index (χ1v) is 30.4. The predicted molar refractivity (Wildman–Crippen MR) is 352 cm³/mol. The second-order valence-corrected chi connectivity index (χ2v) is 22.5. The average Bonchev–Trinajstić information content (AvgIpc) is 4.05. The van der Waals surface area contributed by atoms with E-state index >= 15 is 0 Å². The molecule has 0 amide bonds. The third-order valence-electron chi connectivity index (χ3n) is 8.23. The molecule has 0 atom stereocenters. The molecule has 0 radical (unpaired) electrons. The zero-order chi connectivity index (χ0) is 67.0. The summed E-state index contributed by atoms with van der Waals surface area (Å²) in [5, 5.41) is 62.4. The Balaban J connectivity index is -0.0000000997. The molecule has 0 unspecified atom stereocenters. The number of aromatic amines is 1. The van der Waals surface area contributed by atoms with Crippen molar-refractivity contribution in [1.82, 2.24) is 24.9 Å². The van der Waals surface area contributed by atoms with Crippen LogP contribution in [0.25, 0.3) is 10.9 Å². The quantitative estimate of drug-likeness (QED) is 0.00993. The summed E-state index contributed by atoms with van der Waals surface area (Å²) in [6, 6.07) is 15.7. The van der Waals surface area contributed by atoms with Gasteiger partial charge in [-0.3, -0.25) is 39.7 Å². The van der Waals surface area contributed by atoms with Crippen LogP contribution >= 0.6 is 102 Å². The minimum absolute atomic E-state index is 0. The van der Waals surface area contributed by atoms with E-state index in [4.69, 9.17) is 152 Å². The van der Waals surface area contributed by atoms with Gasteiger partial charge >= 0.3 is 51.7 Å². The maximum absolute atomic E-state index is 10.5. The van der Waals surface area contributed by atoms with Crippen LogP contribution in [-0.4, -0.2) is 126 Å². The van der Waals surface area contributed by atoms with Gasteiger partial charge in [-0.2, -0.15) is 15.5 Å². The van der Waals surface area contributed by atoms with E-state index in [1.54, 1.807) is 45.8 Å². The maximum Gasteiger partial charge on any atom is 1.00 e. The van der Waals surface area contributed by atoms with Crippen molar-refractivity contribution in [3.63, 3.8) is 0 Å². The molecule has 0 spiro atoms. The third kappa shape index (κ3) is 57.9. The van der Waals surface area contributed by atoms with Gasteiger partial charge in [0.05, 0.1) is 84.7 Å². The fraction of sp³-hybridized carbons (Fsp3) is 0.360. The molecule has 90 heavy (non-hydrogen) atoms. The minimum atomic E-state index is -4.67. The van der Waals surface area contributed by atoms with Crippen LogP contribution in [0, 0.1) is 71.9 Å². The molecule has 0 aliphatic heterocycles. The number of nitrogens with one attached hydrogen (secondary N) is 1. The van der Waals surface area contributed by atoms with Crippen LogP contribution in [0.1, 0.15) is 63.1 Å². The maximum atomic E-state index is 10.5. The molecule has 7 aromatic rings. The zero-order valence-electron chi connectivity index (χ0n) is 48.0. The zero-order valence-corrected chi connectivity index (χ0v) is 58.6. The van der Waals surface area contributed by atoms with Gasteiger partial charge in [-0.25, -0.2) is 19.9 Å². The summed E-state index contributed by atoms with van der Waals surface area (Å²) in [4.78, 5) is 47.3. The summed E-state index contributed by atoms with van der Waals surface area (Å²) in [6.07, 6.45) is 11.5. The molecule has 508 valence electrons. The summed E-state index contributed by atoms with van der Waals surface area (Å²) >= 11 is 36.9. The van der Waals surface area contributed by atoms with Crippen LogP contribution in [0.4, 0.5) is 11.4 Å². The number of H-pyrrole nitrogens is 1. The van der Waals surface area contributed by atoms with Crippen molar-refractivity contribution in [2.75, 3.05) is 53.3 Å². The molecule has 0 fully saturated rings. The molecule has 29 nitrogen and oxygen atoms in total. The first-order valence-electron chi connectivity index (χ1n) is 22.0. The van der Waals surface area contributed by atoms with Gasteiger partial charge < -0.3 is 39.0 Å². The molecule has 0 aliphatic rings. The van der Waals surface area contributed by atoms with Crippen molar-refractivity contribution in [3.8, 4) is 29.4 Å². The molecule has 6 N–H and O–H groups in total. The van der Waals surface area contributed by atoms with Crippen LogP contribution in [0.2, 0.25) is 0 Å². The first kappa shape index (κ1) is 106. The van der Waals surface area contributed by atoms with Crippen molar-refractivity contribution in [2.24, 2.45) is 0 Å². The molecule has 40 heteroatoms. The van der Waals surface area contributed by atoms with E-state index in [0.29, 0.717) is 33.5 Å². The molecule has 7 aromatic heterocycles. The number of nitrogens with zero attached hydrogens (tertiary/aromatic N) is 9. The molecule has 7 heterocycles. The number of pyridine rings is 6. The average molecular weight is 1540 g/mol. The molecule has 0 saturated carbocycles. The fourth-order valence-corrected chi connectivity index (χ4v) is 5.09. The number of hydrogen-bond donors (Lipinski definition) is 6. The molecule has 0 saturated heterocycles. The summed E-state index contributed by atoms with van der Waals surface area (Å²) in [5.74, 6) is 0.859. The Kier molecular flexibility index (Phi) is 75.6. The number of rotatable bonds is 7. The number of ether oxygens (including phenoxy) is 5. The smallest absolute Gasteiger partial charge is 0.857 e. The first-order chi connectivity index (χ1) is 39.7. The number of hydrogen-bond acceptors (Lipinski definition) is 20. The SMILES string of the molecule is C.C.C.C.COc1cc([N+](=O)[O-])c(C)c[n+]1O.COc1cc([N+](=O)[O-])c(C)cn1.COc1ccc(C)c[n+]1O.COc1ccc(C)cn1.COc1ncc(C)c2[nH]ccc12.C[O-].Cc1ccc(Br)nc1.ClCCl.ClCCl.ClP(Cl)Cl.O=S(=O)(O)O.O=[N+]([O-])O.[Na+]. The number of halogens is 8. The van der Waals surface area contributed by atoms with Crippen LogP contribution < -0.4 is 67.8 Å². The number of alkyl halides is 4. The van der Waals surface area contributed by atoms with Gasteiger partial charge in [-0.15, -0.1) is 56.5 Å². The Labute approximate surface area is 590 Å². The summed E-state index contributed by atoms with van der Waals surface area (Å²) in [5.41, 5.74) is 6.41. The predicted octanol–water partition coefficient (Wildman–Crippen LogP) is 11.0. The number of fused-ring (bicyclic) bond motifs is 1. The van der Waals surface area contributed by atoms with E-state index in [9.17, 15) is 20.2 Å². The van der Waals surface area contributed by atoms with Crippen LogP contribution in [-0.2, 0) is 10.4 Å². The Morgan fingerprint density at radius 1 is 0.589 bits per heavy atom. The molecular formula is C50H78BrCl7N10NaO19PS+2. The van der Waals surface area contributed by atoms with Gasteiger partial charge in [-0.1, -0.05) is 75.6 Å². The van der Waals surface area contributed by atoms with Crippen LogP contribution in [0.15, 0.2) is 103 Å². The summed E-state index contributed by atoms with van der Waals surface area (Å²) < 4.78 is 58.3. The van der Waals surface area contributed by atoms with E-state index in [0.717, 1.165) is 50.1 Å². The van der Waals surface area contributed by atoms with Gasteiger partial charge in [0.2, 0.25) is 30.0 Å².